The van der Waals surface area contributed by atoms with Crippen molar-refractivity contribution in [2.45, 2.75) is 46.9 Å². The summed E-state index contributed by atoms with van der Waals surface area (Å²) < 4.78 is 11.8. The van der Waals surface area contributed by atoms with Gasteiger partial charge in [0.15, 0.2) is 0 Å². The van der Waals surface area contributed by atoms with Gasteiger partial charge in [0, 0.05) is 25.5 Å². The highest BCUT2D eigenvalue weighted by Gasteiger charge is 2.23. The number of aryl methyl sites for hydroxylation is 2. The van der Waals surface area contributed by atoms with Crippen LogP contribution in [-0.2, 0) is 20.1 Å². The highest BCUT2D eigenvalue weighted by molar-refractivity contribution is 14.2. The van der Waals surface area contributed by atoms with Gasteiger partial charge in [0.2, 0.25) is 5.88 Å². The van der Waals surface area contributed by atoms with Crippen LogP contribution >= 0.6 is 28.4 Å². The van der Waals surface area contributed by atoms with E-state index in [4.69, 9.17) is 14.8 Å². The fourth-order valence-corrected chi connectivity index (χ4v) is 6.26. The minimum Gasteiger partial charge on any atom is -0.473 e. The highest BCUT2D eigenvalue weighted by Crippen LogP contribution is 2.37. The number of aliphatic hydroxyl groups excluding tert-OH is 1. The molecular weight excluding hydrogens is 618 g/mol. The Morgan fingerprint density at radius 2 is 2.03 bits per heavy atom. The number of hydrogen-bond acceptors (Lipinski definition) is 7. The van der Waals surface area contributed by atoms with E-state index in [1.54, 1.807) is 9.36 Å². The predicted molar refractivity (Wildman–Crippen MR) is 161 cm³/mol. The van der Waals surface area contributed by atoms with Gasteiger partial charge in [0.25, 0.3) is 5.56 Å². The first-order valence-electron chi connectivity index (χ1n) is 12.6. The van der Waals surface area contributed by atoms with Gasteiger partial charge in [-0.25, -0.2) is 9.13 Å². The highest BCUT2D eigenvalue weighted by atomic mass is 127. The van der Waals surface area contributed by atoms with Gasteiger partial charge in [0.05, 0.1) is 65.1 Å². The molecule has 0 spiro atoms. The Kier molecular flexibility index (Phi) is 9.07. The molecule has 2 atom stereocenters. The van der Waals surface area contributed by atoms with Crippen molar-refractivity contribution < 1.29 is 9.84 Å². The van der Waals surface area contributed by atoms with E-state index in [9.17, 15) is 9.90 Å². The number of hydrogen-bond donors (Lipinski definition) is 2. The monoisotopic (exact) mass is 652 g/mol. The van der Waals surface area contributed by atoms with Crippen molar-refractivity contribution in [1.82, 2.24) is 39.0 Å². The molecule has 0 aromatic carbocycles. The number of rotatable bonds is 3. The first-order valence-corrected chi connectivity index (χ1v) is 16.6. The van der Waals surface area contributed by atoms with Gasteiger partial charge in [-0.3, -0.25) is 24.5 Å². The quantitative estimate of drug-likeness (QED) is 0.255. The lowest BCUT2D eigenvalue weighted by Crippen LogP contribution is -2.32. The normalized spacial score (nSPS) is 17.0. The molecule has 0 amide bonds. The number of aromatic amines is 1. The van der Waals surface area contributed by atoms with Crippen LogP contribution in [0.4, 0.5) is 0 Å². The van der Waals surface area contributed by atoms with Gasteiger partial charge >= 0.3 is 0 Å². The Labute approximate surface area is 236 Å². The molecular formula is C25H34IN8O3P. The molecule has 5 heterocycles. The van der Waals surface area contributed by atoms with Crippen LogP contribution in [0.3, 0.4) is 0 Å². The van der Waals surface area contributed by atoms with E-state index in [1.807, 2.05) is 70.7 Å². The lowest BCUT2D eigenvalue weighted by atomic mass is 10.1. The Morgan fingerprint density at radius 3 is 2.74 bits per heavy atom. The molecule has 0 fully saturated rings. The van der Waals surface area contributed by atoms with Crippen LogP contribution in [0.1, 0.15) is 43.4 Å². The zero-order valence-corrected chi connectivity index (χ0v) is 25.6. The first-order chi connectivity index (χ1) is 18.3. The van der Waals surface area contributed by atoms with E-state index >= 15 is 0 Å². The number of aromatic nitrogens is 7. The SMILES string of the molecule is CC.Cc1nn(C)c2c1-c1cc3c(nn(PI)c3cn1)/C=C/c1c(n(CCO)[nH]c1=O)CN(C)C[C@@H](C)O2. The van der Waals surface area contributed by atoms with E-state index in [0.717, 1.165) is 39.2 Å². The van der Waals surface area contributed by atoms with E-state index in [2.05, 4.69) is 37.1 Å². The molecule has 4 aromatic rings. The van der Waals surface area contributed by atoms with Crippen LogP contribution in [0.2, 0.25) is 0 Å². The summed E-state index contributed by atoms with van der Waals surface area (Å²) in [5, 5.41) is 22.8. The number of nitrogens with one attached hydrogen (secondary N) is 1. The van der Waals surface area contributed by atoms with E-state index in [-0.39, 0.29) is 18.3 Å². The molecule has 1 aliphatic rings. The summed E-state index contributed by atoms with van der Waals surface area (Å²) in [6.07, 6.45) is 5.77. The van der Waals surface area contributed by atoms with Crippen molar-refractivity contribution in [3.8, 4) is 17.1 Å². The van der Waals surface area contributed by atoms with Crippen molar-refractivity contribution in [1.29, 1.82) is 0 Å². The van der Waals surface area contributed by atoms with Crippen molar-refractivity contribution in [3.63, 3.8) is 0 Å². The summed E-state index contributed by atoms with van der Waals surface area (Å²) in [5.74, 6) is 0.662. The molecule has 1 aliphatic heterocycles. The number of ether oxygens (including phenoxy) is 1. The third kappa shape index (κ3) is 5.45. The number of likely N-dealkylation sites (N-methyl/N-ethyl adjacent to an activating group) is 1. The number of pyridine rings is 1. The third-order valence-electron chi connectivity index (χ3n) is 6.25. The van der Waals surface area contributed by atoms with Crippen molar-refractivity contribution in [2.75, 3.05) is 20.2 Å². The number of nitrogens with zero attached hydrogens (tertiary/aromatic N) is 7. The summed E-state index contributed by atoms with van der Waals surface area (Å²) >= 11 is 2.30. The van der Waals surface area contributed by atoms with E-state index < -0.39 is 0 Å². The molecule has 13 heteroatoms. The molecule has 0 saturated carbocycles. The standard InChI is InChI=1S/C23H28IN8O3P.C2H6/c1-13-11-29(3)12-20-15(22(34)28-31(20)7-8-33)5-6-17-16-9-18(25-10-19(16)32(27-17)36-24)21-14(2)26-30(4)23(21)35-13;1-2/h5-6,9-10,13,33,36H,7-8,11-12H2,1-4H3,(H,28,34);1-2H3/b6-5+;/t13-;/m1./s1. The van der Waals surface area contributed by atoms with Crippen LogP contribution in [0.15, 0.2) is 17.1 Å². The van der Waals surface area contributed by atoms with Crippen molar-refractivity contribution in [3.05, 3.63) is 45.3 Å². The van der Waals surface area contributed by atoms with E-state index in [1.165, 1.54) is 0 Å². The van der Waals surface area contributed by atoms with Crippen molar-refractivity contribution in [2.24, 2.45) is 7.05 Å². The Bertz CT molecular complexity index is 1520. The molecule has 38 heavy (non-hydrogen) atoms. The predicted octanol–water partition coefficient (Wildman–Crippen LogP) is 3.82. The van der Waals surface area contributed by atoms with Gasteiger partial charge in [0.1, 0.15) is 6.10 Å². The minimum atomic E-state index is -0.201. The summed E-state index contributed by atoms with van der Waals surface area (Å²) in [6, 6.07) is 2.02. The fourth-order valence-electron chi connectivity index (χ4n) is 4.74. The Morgan fingerprint density at radius 1 is 1.26 bits per heavy atom. The molecule has 5 rings (SSSR count). The molecule has 2 bridgehead atoms. The van der Waals surface area contributed by atoms with Crippen LogP contribution in [-0.4, -0.2) is 70.4 Å². The Balaban J connectivity index is 0.00000164. The zero-order chi connectivity index (χ0) is 27.6. The summed E-state index contributed by atoms with van der Waals surface area (Å²) in [7, 11) is 3.86. The molecule has 0 saturated heterocycles. The molecule has 0 aliphatic carbocycles. The topological polar surface area (TPSA) is 119 Å². The third-order valence-corrected chi connectivity index (χ3v) is 8.12. The maximum Gasteiger partial charge on any atom is 0.271 e. The maximum atomic E-state index is 12.9. The maximum absolute atomic E-state index is 12.9. The Hall–Kier alpha value is -2.54. The number of fused-ring (bicyclic) bond motifs is 4. The lowest BCUT2D eigenvalue weighted by molar-refractivity contribution is 0.146. The van der Waals surface area contributed by atoms with Crippen LogP contribution in [0.25, 0.3) is 34.3 Å². The van der Waals surface area contributed by atoms with Gasteiger partial charge in [-0.15, -0.1) is 0 Å². The van der Waals surface area contributed by atoms with Crippen LogP contribution in [0, 0.1) is 6.92 Å². The second-order valence-electron chi connectivity index (χ2n) is 8.99. The fraction of sp³-hybridized carbons (Fsp3) is 0.440. The molecule has 4 aromatic heterocycles. The van der Waals surface area contributed by atoms with Gasteiger partial charge in [-0.2, -0.15) is 10.2 Å². The largest absolute Gasteiger partial charge is 0.473 e. The van der Waals surface area contributed by atoms with Gasteiger partial charge in [-0.05, 0) is 61.2 Å². The average molecular weight is 652 g/mol. The van der Waals surface area contributed by atoms with Crippen LogP contribution < -0.4 is 10.3 Å². The molecule has 204 valence electrons. The second-order valence-corrected chi connectivity index (χ2v) is 11.0. The summed E-state index contributed by atoms with van der Waals surface area (Å²) in [4.78, 5) is 19.8. The number of aliphatic hydroxyl groups is 1. The minimum absolute atomic E-state index is 0.0754. The lowest BCUT2D eigenvalue weighted by Gasteiger charge is -2.23. The number of H-pyrrole nitrogens is 1. The second kappa shape index (κ2) is 12.1. The first kappa shape index (κ1) is 28.5. The zero-order valence-electron chi connectivity index (χ0n) is 22.5. The molecule has 2 N–H and O–H groups in total. The molecule has 11 nitrogen and oxygen atoms in total. The molecule has 1 unspecified atom stereocenters. The van der Waals surface area contributed by atoms with Gasteiger partial charge in [-0.1, -0.05) is 13.8 Å². The average Bonchev–Trinajstić information content (AvgIpc) is 3.48. The smallest absolute Gasteiger partial charge is 0.271 e. The number of halogens is 1. The molecule has 0 radical (unpaired) electrons. The van der Waals surface area contributed by atoms with Crippen LogP contribution in [0.5, 0.6) is 5.88 Å². The van der Waals surface area contributed by atoms with Gasteiger partial charge < -0.3 is 9.84 Å². The van der Waals surface area contributed by atoms with E-state index in [0.29, 0.717) is 37.5 Å². The van der Waals surface area contributed by atoms with Crippen molar-refractivity contribution >= 4 is 51.5 Å². The summed E-state index contributed by atoms with van der Waals surface area (Å²) in [6.45, 7) is 9.31. The summed E-state index contributed by atoms with van der Waals surface area (Å²) in [5.41, 5.74) is 5.27.